The molecule has 0 heterocycles. The Hall–Kier alpha value is 2.45. The summed E-state index contributed by atoms with van der Waals surface area (Å²) < 4.78 is 0. The van der Waals surface area contributed by atoms with Gasteiger partial charge < -0.3 is 5.48 Å². The van der Waals surface area contributed by atoms with E-state index in [0.717, 1.165) is 0 Å². The minimum absolute atomic E-state index is 0. The smallest absolute Gasteiger partial charge is 2.00 e. The SMILES string of the molecule is [Hf+4].[Nb+5].[O-2].[Zr+4]. The fraction of sp³-hybridized carbons (Fsp3) is 0. The van der Waals surface area contributed by atoms with Gasteiger partial charge in [-0.2, -0.15) is 0 Å². The molecule has 0 fully saturated rings. The molecule has 0 spiro atoms. The van der Waals surface area contributed by atoms with Crippen LogP contribution in [0.1, 0.15) is 0 Å². The first-order chi connectivity index (χ1) is 0. The predicted octanol–water partition coefficient (Wildman–Crippen LogP) is -0.126. The molecular formula is HfNbOZr+11. The van der Waals surface area contributed by atoms with Crippen molar-refractivity contribution < 1.29 is 79.9 Å². The van der Waals surface area contributed by atoms with Crippen molar-refractivity contribution in [3.63, 3.8) is 0 Å². The van der Waals surface area contributed by atoms with Gasteiger partial charge in [0.05, 0.1) is 0 Å². The Morgan fingerprint density at radius 2 is 1.00 bits per heavy atom. The van der Waals surface area contributed by atoms with Crippen LogP contribution in [-0.2, 0) is 79.9 Å². The Labute approximate surface area is 78.6 Å². The Bertz CT molecular complexity index is 8.00. The van der Waals surface area contributed by atoms with E-state index < -0.39 is 0 Å². The van der Waals surface area contributed by atoms with Gasteiger partial charge in [0.2, 0.25) is 0 Å². The molecule has 4 heavy (non-hydrogen) atoms. The van der Waals surface area contributed by atoms with Crippen LogP contribution in [0.25, 0.3) is 0 Å². The third-order valence-electron chi connectivity index (χ3n) is 0. The zero-order chi connectivity index (χ0) is 0. The van der Waals surface area contributed by atoms with Crippen LogP contribution in [-0.4, -0.2) is 0 Å². The first-order valence-corrected chi connectivity index (χ1v) is 0. The van der Waals surface area contributed by atoms with Crippen LogP contribution in [0, 0.1) is 0 Å². The van der Waals surface area contributed by atoms with Crippen LogP contribution < -0.4 is 0 Å². The van der Waals surface area contributed by atoms with Crippen LogP contribution in [0.15, 0.2) is 0 Å². The first kappa shape index (κ1) is 31.9. The van der Waals surface area contributed by atoms with Crippen molar-refractivity contribution in [3.05, 3.63) is 0 Å². The quantitative estimate of drug-likeness (QED) is 0.526. The van der Waals surface area contributed by atoms with Crippen molar-refractivity contribution in [3.8, 4) is 0 Å². The van der Waals surface area contributed by atoms with Gasteiger partial charge in [-0.3, -0.25) is 0 Å². The molecule has 0 N–H and O–H groups in total. The van der Waals surface area contributed by atoms with E-state index in [4.69, 9.17) is 0 Å². The zero-order valence-electron chi connectivity index (χ0n) is 1.86. The molecule has 0 rings (SSSR count). The summed E-state index contributed by atoms with van der Waals surface area (Å²) >= 11 is 0. The maximum Gasteiger partial charge on any atom is 5.00 e. The van der Waals surface area contributed by atoms with Crippen LogP contribution in [0.5, 0.6) is 0 Å². The topological polar surface area (TPSA) is 28.5 Å². The molecule has 0 aliphatic carbocycles. The van der Waals surface area contributed by atoms with E-state index in [2.05, 4.69) is 0 Å². The van der Waals surface area contributed by atoms with Crippen molar-refractivity contribution >= 4 is 0 Å². The standard InChI is InChI=1S/Hf.Nb.O.Zr/q+4;+5;-2;+4. The zero-order valence-corrected chi connectivity index (χ0v) is 10.1. The number of rotatable bonds is 0. The van der Waals surface area contributed by atoms with Gasteiger partial charge in [0, 0.05) is 0 Å². The molecule has 0 aromatic rings. The van der Waals surface area contributed by atoms with Gasteiger partial charge in [-0.15, -0.1) is 0 Å². The Kier molecular flexibility index (Phi) is 143. The van der Waals surface area contributed by atoms with Gasteiger partial charge in [0.1, 0.15) is 0 Å². The number of hydrogen-bond acceptors (Lipinski definition) is 0. The Balaban J connectivity index is 0. The fourth-order valence-corrected chi connectivity index (χ4v) is 0. The summed E-state index contributed by atoms with van der Waals surface area (Å²) in [5.74, 6) is 0. The van der Waals surface area contributed by atoms with Crippen LogP contribution in [0.3, 0.4) is 0 Å². The van der Waals surface area contributed by atoms with Gasteiger partial charge in [-0.1, -0.05) is 0 Å². The summed E-state index contributed by atoms with van der Waals surface area (Å²) in [6.07, 6.45) is 0. The van der Waals surface area contributed by atoms with E-state index in [1.807, 2.05) is 0 Å². The predicted molar refractivity (Wildman–Crippen MR) is 0.686 cm³/mol. The van der Waals surface area contributed by atoms with Crippen molar-refractivity contribution in [2.75, 3.05) is 0 Å². The van der Waals surface area contributed by atoms with E-state index >= 15 is 0 Å². The van der Waals surface area contributed by atoms with Crippen molar-refractivity contribution in [2.45, 2.75) is 0 Å². The first-order valence-electron chi connectivity index (χ1n) is 0. The second kappa shape index (κ2) is 18.0. The molecule has 0 atom stereocenters. The molecule has 0 saturated carbocycles. The van der Waals surface area contributed by atoms with E-state index in [1.54, 1.807) is 0 Å². The van der Waals surface area contributed by atoms with Crippen LogP contribution in [0.2, 0.25) is 0 Å². The molecule has 0 aliphatic heterocycles. The van der Waals surface area contributed by atoms with Gasteiger partial charge in [-0.05, 0) is 0 Å². The van der Waals surface area contributed by atoms with Crippen molar-refractivity contribution in [1.29, 1.82) is 0 Å². The molecule has 4 heteroatoms. The molecule has 0 radical (unpaired) electrons. The van der Waals surface area contributed by atoms with Gasteiger partial charge in [0.25, 0.3) is 0 Å². The normalized spacial score (nSPS) is 0. The minimum atomic E-state index is 0. The fourth-order valence-electron chi connectivity index (χ4n) is 0. The number of hydrogen-bond donors (Lipinski definition) is 0. The molecule has 0 saturated heterocycles. The Morgan fingerprint density at radius 1 is 1.00 bits per heavy atom. The molecule has 0 unspecified atom stereocenters. The molecule has 0 aromatic carbocycles. The average molecular weight is 379 g/mol. The van der Waals surface area contributed by atoms with E-state index in [-0.39, 0.29) is 79.9 Å². The maximum absolute atomic E-state index is 0. The largest absolute Gasteiger partial charge is 5.00 e. The molecule has 0 aliphatic rings. The minimum Gasteiger partial charge on any atom is -2.00 e. The summed E-state index contributed by atoms with van der Waals surface area (Å²) in [5.41, 5.74) is 0. The van der Waals surface area contributed by atoms with Crippen molar-refractivity contribution in [1.82, 2.24) is 0 Å². The van der Waals surface area contributed by atoms with E-state index in [1.165, 1.54) is 0 Å². The van der Waals surface area contributed by atoms with E-state index in [0.29, 0.717) is 0 Å². The van der Waals surface area contributed by atoms with Gasteiger partial charge >= 0.3 is 74.4 Å². The second-order valence-electron chi connectivity index (χ2n) is 0. The molecule has 1 nitrogen and oxygen atoms in total. The molecule has 0 bridgehead atoms. The Morgan fingerprint density at radius 3 is 1.00 bits per heavy atom. The maximum atomic E-state index is 0. The second-order valence-corrected chi connectivity index (χ2v) is 0. The van der Waals surface area contributed by atoms with Gasteiger partial charge in [0.15, 0.2) is 0 Å². The van der Waals surface area contributed by atoms with Crippen LogP contribution in [0.4, 0.5) is 0 Å². The monoisotopic (exact) mass is 379 g/mol. The summed E-state index contributed by atoms with van der Waals surface area (Å²) in [5, 5.41) is 0. The molecule has 0 aromatic heterocycles. The van der Waals surface area contributed by atoms with Gasteiger partial charge in [-0.25, -0.2) is 0 Å². The third-order valence-corrected chi connectivity index (χ3v) is 0. The molecule has 8 valence electrons. The molecule has 0 amide bonds. The summed E-state index contributed by atoms with van der Waals surface area (Å²) in [6.45, 7) is 0. The van der Waals surface area contributed by atoms with Crippen LogP contribution >= 0.6 is 0 Å². The summed E-state index contributed by atoms with van der Waals surface area (Å²) in [7, 11) is 0. The van der Waals surface area contributed by atoms with E-state index in [9.17, 15) is 0 Å². The third kappa shape index (κ3) is 8.82. The summed E-state index contributed by atoms with van der Waals surface area (Å²) in [4.78, 5) is 0. The van der Waals surface area contributed by atoms with Crippen molar-refractivity contribution in [2.24, 2.45) is 0 Å². The summed E-state index contributed by atoms with van der Waals surface area (Å²) in [6, 6.07) is 0. The molecular weight excluding hydrogens is 379 g/mol. The average Bonchev–Trinajstić information content (AvgIpc) is 0.